The second-order valence-corrected chi connectivity index (χ2v) is 13.5. The summed E-state index contributed by atoms with van der Waals surface area (Å²) in [5.74, 6) is -0.229. The molecule has 0 spiro atoms. The Morgan fingerprint density at radius 2 is 1.59 bits per heavy atom. The molecule has 0 bridgehead atoms. The smallest absolute Gasteiger partial charge is 0.264 e. The van der Waals surface area contributed by atoms with Gasteiger partial charge in [0.2, 0.25) is 11.8 Å². The van der Waals surface area contributed by atoms with E-state index in [2.05, 4.69) is 5.32 Å². The highest BCUT2D eigenvalue weighted by Gasteiger charge is 2.34. The molecule has 1 saturated carbocycles. The number of ether oxygens (including phenoxy) is 1. The largest absolute Gasteiger partial charge is 0.494 e. The summed E-state index contributed by atoms with van der Waals surface area (Å²) in [5.41, 5.74) is 0.925. The van der Waals surface area contributed by atoms with Crippen molar-refractivity contribution < 1.29 is 22.7 Å². The van der Waals surface area contributed by atoms with Gasteiger partial charge in [0.25, 0.3) is 10.0 Å². The number of rotatable bonds is 13. The van der Waals surface area contributed by atoms with Crippen LogP contribution in [0.2, 0.25) is 10.0 Å². The first kappa shape index (κ1) is 33.6. The molecule has 0 radical (unpaired) electrons. The quantitative estimate of drug-likeness (QED) is 0.217. The number of carbonyl (C=O) groups is 2. The van der Waals surface area contributed by atoms with Gasteiger partial charge in [0.05, 0.1) is 17.2 Å². The maximum atomic E-state index is 14.3. The van der Waals surface area contributed by atoms with E-state index in [0.29, 0.717) is 34.4 Å². The fraction of sp³-hybridized carbons (Fsp3) is 0.394. The van der Waals surface area contributed by atoms with E-state index in [1.807, 2.05) is 19.9 Å². The van der Waals surface area contributed by atoms with Crippen LogP contribution in [-0.2, 0) is 26.2 Å². The molecule has 1 N–H and O–H groups in total. The van der Waals surface area contributed by atoms with Crippen molar-refractivity contribution in [3.8, 4) is 5.75 Å². The Bertz CT molecular complexity index is 1510. The molecule has 1 fully saturated rings. The lowest BCUT2D eigenvalue weighted by molar-refractivity contribution is -0.140. The molecule has 236 valence electrons. The van der Waals surface area contributed by atoms with E-state index >= 15 is 0 Å². The molecule has 0 unspecified atom stereocenters. The van der Waals surface area contributed by atoms with Gasteiger partial charge in [0.15, 0.2) is 0 Å². The Morgan fingerprint density at radius 1 is 0.932 bits per heavy atom. The third-order valence-corrected chi connectivity index (χ3v) is 10.2. The summed E-state index contributed by atoms with van der Waals surface area (Å²) < 4.78 is 34.7. The first-order chi connectivity index (χ1) is 21.1. The van der Waals surface area contributed by atoms with Gasteiger partial charge in [-0.1, -0.05) is 67.6 Å². The van der Waals surface area contributed by atoms with Crippen LogP contribution >= 0.6 is 23.2 Å². The molecule has 44 heavy (non-hydrogen) atoms. The van der Waals surface area contributed by atoms with Crippen molar-refractivity contribution in [3.05, 3.63) is 88.4 Å². The number of nitrogens with zero attached hydrogens (tertiary/aromatic N) is 2. The molecule has 0 heterocycles. The van der Waals surface area contributed by atoms with Crippen LogP contribution in [0.25, 0.3) is 0 Å². The van der Waals surface area contributed by atoms with E-state index < -0.39 is 28.5 Å². The summed E-state index contributed by atoms with van der Waals surface area (Å²) in [5, 5.41) is 3.98. The molecule has 3 aromatic rings. The van der Waals surface area contributed by atoms with E-state index in [1.54, 1.807) is 42.5 Å². The fourth-order valence-corrected chi connectivity index (χ4v) is 7.15. The van der Waals surface area contributed by atoms with Crippen molar-refractivity contribution in [2.24, 2.45) is 0 Å². The maximum absolute atomic E-state index is 14.3. The predicted molar refractivity (Wildman–Crippen MR) is 175 cm³/mol. The summed E-state index contributed by atoms with van der Waals surface area (Å²) in [6, 6.07) is 18.6. The molecule has 3 aromatic carbocycles. The Balaban J connectivity index is 1.71. The normalized spacial score (nSPS) is 14.5. The van der Waals surface area contributed by atoms with Gasteiger partial charge < -0.3 is 15.0 Å². The number of sulfonamides is 1. The topological polar surface area (TPSA) is 96.0 Å². The van der Waals surface area contributed by atoms with Crippen molar-refractivity contribution in [2.75, 3.05) is 17.5 Å². The van der Waals surface area contributed by atoms with Gasteiger partial charge in [0.1, 0.15) is 18.3 Å². The molecule has 0 aromatic heterocycles. The average Bonchev–Trinajstić information content (AvgIpc) is 3.02. The van der Waals surface area contributed by atoms with Crippen LogP contribution in [0.1, 0.15) is 57.9 Å². The van der Waals surface area contributed by atoms with Crippen LogP contribution in [0.15, 0.2) is 77.7 Å². The monoisotopic (exact) mass is 659 g/mol. The summed E-state index contributed by atoms with van der Waals surface area (Å²) in [6.45, 7) is 3.63. The van der Waals surface area contributed by atoms with Crippen molar-refractivity contribution >= 4 is 50.7 Å². The molecule has 8 nitrogen and oxygen atoms in total. The van der Waals surface area contributed by atoms with Gasteiger partial charge in [0, 0.05) is 22.6 Å². The number of carbonyl (C=O) groups excluding carboxylic acids is 2. The number of hydrogen-bond donors (Lipinski definition) is 1. The maximum Gasteiger partial charge on any atom is 0.264 e. The van der Waals surface area contributed by atoms with Crippen LogP contribution in [0.4, 0.5) is 5.69 Å². The number of anilines is 1. The molecule has 2 amide bonds. The molecule has 11 heteroatoms. The Hall–Kier alpha value is -3.27. The second kappa shape index (κ2) is 15.6. The molecule has 0 aliphatic heterocycles. The van der Waals surface area contributed by atoms with Crippen molar-refractivity contribution in [1.29, 1.82) is 0 Å². The minimum Gasteiger partial charge on any atom is -0.494 e. The number of benzene rings is 3. The van der Waals surface area contributed by atoms with Gasteiger partial charge in [-0.25, -0.2) is 8.42 Å². The van der Waals surface area contributed by atoms with E-state index in [4.69, 9.17) is 27.9 Å². The van der Waals surface area contributed by atoms with Crippen molar-refractivity contribution in [2.45, 2.75) is 75.9 Å². The molecule has 0 saturated heterocycles. The van der Waals surface area contributed by atoms with E-state index in [1.165, 1.54) is 29.2 Å². The highest BCUT2D eigenvalue weighted by Crippen LogP contribution is 2.28. The van der Waals surface area contributed by atoms with Crippen LogP contribution < -0.4 is 14.4 Å². The second-order valence-electron chi connectivity index (χ2n) is 10.8. The summed E-state index contributed by atoms with van der Waals surface area (Å²) in [4.78, 5) is 29.4. The van der Waals surface area contributed by atoms with Crippen LogP contribution in [-0.4, -0.2) is 50.4 Å². The predicted octanol–water partition coefficient (Wildman–Crippen LogP) is 6.84. The first-order valence-electron chi connectivity index (χ1n) is 15.0. The summed E-state index contributed by atoms with van der Waals surface area (Å²) >= 11 is 12.5. The Kier molecular flexibility index (Phi) is 11.9. The molecule has 4 rings (SSSR count). The standard InChI is InChI=1S/C33H39Cl2N3O5S/c1-3-31(33(40)36-26-11-6-5-7-12-26)37(22-24-10-8-9-13-30(24)35)32(39)23-38(27-16-18-28(19-17-27)43-4-2)44(41,42)29-20-14-25(34)15-21-29/h8-10,13-21,26,31H,3-7,11-12,22-23H2,1-2H3,(H,36,40)/t31-/m0/s1. The lowest BCUT2D eigenvalue weighted by Crippen LogP contribution is -2.54. The average molecular weight is 661 g/mol. The lowest BCUT2D eigenvalue weighted by atomic mass is 9.95. The lowest BCUT2D eigenvalue weighted by Gasteiger charge is -2.34. The minimum atomic E-state index is -4.22. The minimum absolute atomic E-state index is 0.0247. The highest BCUT2D eigenvalue weighted by molar-refractivity contribution is 7.92. The number of nitrogens with one attached hydrogen (secondary N) is 1. The van der Waals surface area contributed by atoms with Gasteiger partial charge in [-0.3, -0.25) is 13.9 Å². The van der Waals surface area contributed by atoms with Crippen molar-refractivity contribution in [3.63, 3.8) is 0 Å². The fourth-order valence-electron chi connectivity index (χ4n) is 5.41. The third kappa shape index (κ3) is 8.46. The highest BCUT2D eigenvalue weighted by atomic mass is 35.5. The summed E-state index contributed by atoms with van der Waals surface area (Å²) in [6.07, 6.45) is 5.36. The molecule has 1 aliphatic rings. The third-order valence-electron chi connectivity index (χ3n) is 7.75. The van der Waals surface area contributed by atoms with E-state index in [-0.39, 0.29) is 29.1 Å². The van der Waals surface area contributed by atoms with Crippen LogP contribution in [0.3, 0.4) is 0 Å². The number of hydrogen-bond acceptors (Lipinski definition) is 5. The zero-order valence-electron chi connectivity index (χ0n) is 25.0. The Morgan fingerprint density at radius 3 is 2.20 bits per heavy atom. The van der Waals surface area contributed by atoms with Gasteiger partial charge in [-0.05, 0) is 86.3 Å². The molecule has 1 atom stereocenters. The number of amides is 2. The van der Waals surface area contributed by atoms with E-state index in [0.717, 1.165) is 36.4 Å². The molecule has 1 aliphatic carbocycles. The van der Waals surface area contributed by atoms with E-state index in [9.17, 15) is 18.0 Å². The SMILES string of the molecule is CCOc1ccc(N(CC(=O)N(Cc2ccccc2Cl)[C@@H](CC)C(=O)NC2CCCCC2)S(=O)(=O)c2ccc(Cl)cc2)cc1. The van der Waals surface area contributed by atoms with Crippen LogP contribution in [0, 0.1) is 0 Å². The van der Waals surface area contributed by atoms with Crippen molar-refractivity contribution in [1.82, 2.24) is 10.2 Å². The van der Waals surface area contributed by atoms with Crippen LogP contribution in [0.5, 0.6) is 5.75 Å². The molecular weight excluding hydrogens is 621 g/mol. The molecular formula is C33H39Cl2N3O5S. The number of halogens is 2. The van der Waals surface area contributed by atoms with Gasteiger partial charge >= 0.3 is 0 Å². The summed E-state index contributed by atoms with van der Waals surface area (Å²) in [7, 11) is -4.22. The Labute approximate surface area is 270 Å². The zero-order valence-corrected chi connectivity index (χ0v) is 27.4. The van der Waals surface area contributed by atoms with Gasteiger partial charge in [-0.2, -0.15) is 0 Å². The first-order valence-corrected chi connectivity index (χ1v) is 17.2. The zero-order chi connectivity index (χ0) is 31.7. The van der Waals surface area contributed by atoms with Gasteiger partial charge in [-0.15, -0.1) is 0 Å².